The number of amides is 1. The molecular formula is C24H34N4O2. The van der Waals surface area contributed by atoms with Gasteiger partial charge in [0.05, 0.1) is 23.3 Å². The molecule has 1 amide bonds. The van der Waals surface area contributed by atoms with Gasteiger partial charge in [0.15, 0.2) is 0 Å². The smallest absolute Gasteiger partial charge is 0.414 e. The summed E-state index contributed by atoms with van der Waals surface area (Å²) in [5.41, 5.74) is 3.63. The lowest BCUT2D eigenvalue weighted by atomic mass is 9.98. The summed E-state index contributed by atoms with van der Waals surface area (Å²) in [5.74, 6) is 1.55. The SMILES string of the molecule is CCN1CCCn2c(nc3cc(C4=CC[C@H](C)CN4C(=O)OC(C)(C)C)ccc32)C1. The van der Waals surface area contributed by atoms with Gasteiger partial charge in [0, 0.05) is 25.2 Å². The van der Waals surface area contributed by atoms with Crippen molar-refractivity contribution in [3.05, 3.63) is 35.7 Å². The number of hydrogen-bond acceptors (Lipinski definition) is 4. The molecule has 0 spiro atoms. The molecule has 0 saturated heterocycles. The van der Waals surface area contributed by atoms with Crippen molar-refractivity contribution >= 4 is 22.8 Å². The zero-order chi connectivity index (χ0) is 21.5. The van der Waals surface area contributed by atoms with Crippen molar-refractivity contribution in [1.29, 1.82) is 0 Å². The third-order valence-electron chi connectivity index (χ3n) is 5.90. The number of benzene rings is 1. The van der Waals surface area contributed by atoms with Crippen LogP contribution in [0.4, 0.5) is 4.79 Å². The lowest BCUT2D eigenvalue weighted by Gasteiger charge is -2.33. The first-order valence-corrected chi connectivity index (χ1v) is 11.2. The molecular weight excluding hydrogens is 376 g/mol. The summed E-state index contributed by atoms with van der Waals surface area (Å²) in [6.07, 6.45) is 3.99. The number of carbonyl (C=O) groups excluding carboxylic acids is 1. The van der Waals surface area contributed by atoms with Crippen molar-refractivity contribution in [2.75, 3.05) is 19.6 Å². The van der Waals surface area contributed by atoms with Gasteiger partial charge >= 0.3 is 6.09 Å². The van der Waals surface area contributed by atoms with Crippen LogP contribution in [-0.4, -0.2) is 50.7 Å². The van der Waals surface area contributed by atoms with E-state index in [-0.39, 0.29) is 6.09 Å². The Balaban J connectivity index is 1.68. The van der Waals surface area contributed by atoms with Crippen molar-refractivity contribution in [2.45, 2.75) is 66.2 Å². The number of hydrogen-bond donors (Lipinski definition) is 0. The Labute approximate surface area is 179 Å². The van der Waals surface area contributed by atoms with Crippen LogP contribution < -0.4 is 0 Å². The monoisotopic (exact) mass is 410 g/mol. The van der Waals surface area contributed by atoms with E-state index in [1.807, 2.05) is 20.8 Å². The minimum absolute atomic E-state index is 0.278. The molecule has 3 heterocycles. The zero-order valence-corrected chi connectivity index (χ0v) is 18.9. The van der Waals surface area contributed by atoms with Gasteiger partial charge in [0.2, 0.25) is 0 Å². The molecule has 2 aliphatic heterocycles. The quantitative estimate of drug-likeness (QED) is 0.708. The third kappa shape index (κ3) is 4.24. The molecule has 0 bridgehead atoms. The number of fused-ring (bicyclic) bond motifs is 3. The highest BCUT2D eigenvalue weighted by Crippen LogP contribution is 2.31. The van der Waals surface area contributed by atoms with Gasteiger partial charge in [-0.1, -0.05) is 26.0 Å². The molecule has 1 atom stereocenters. The Morgan fingerprint density at radius 2 is 2.07 bits per heavy atom. The highest BCUT2D eigenvalue weighted by molar-refractivity contribution is 5.87. The van der Waals surface area contributed by atoms with Gasteiger partial charge in [-0.3, -0.25) is 9.80 Å². The third-order valence-corrected chi connectivity index (χ3v) is 5.90. The summed E-state index contributed by atoms with van der Waals surface area (Å²) in [6.45, 7) is 14.8. The molecule has 2 aliphatic rings. The molecule has 4 rings (SSSR count). The maximum atomic E-state index is 12.9. The Morgan fingerprint density at radius 1 is 1.27 bits per heavy atom. The van der Waals surface area contributed by atoms with Gasteiger partial charge in [-0.2, -0.15) is 0 Å². The first-order valence-electron chi connectivity index (χ1n) is 11.2. The van der Waals surface area contributed by atoms with Crippen molar-refractivity contribution in [2.24, 2.45) is 5.92 Å². The largest absolute Gasteiger partial charge is 0.443 e. The number of ether oxygens (including phenoxy) is 1. The molecule has 0 fully saturated rings. The van der Waals surface area contributed by atoms with Crippen LogP contribution in [0.3, 0.4) is 0 Å². The van der Waals surface area contributed by atoms with Gasteiger partial charge in [0.1, 0.15) is 11.4 Å². The number of aryl methyl sites for hydroxylation is 1. The van der Waals surface area contributed by atoms with Crippen molar-refractivity contribution in [3.63, 3.8) is 0 Å². The Hall–Kier alpha value is -2.34. The number of allylic oxidation sites excluding steroid dienone is 1. The molecule has 0 saturated carbocycles. The van der Waals surface area contributed by atoms with Crippen LogP contribution in [0.5, 0.6) is 0 Å². The first-order chi connectivity index (χ1) is 14.2. The predicted octanol–water partition coefficient (Wildman–Crippen LogP) is 4.88. The van der Waals surface area contributed by atoms with E-state index >= 15 is 0 Å². The van der Waals surface area contributed by atoms with E-state index in [1.54, 1.807) is 4.90 Å². The molecule has 6 heteroatoms. The highest BCUT2D eigenvalue weighted by atomic mass is 16.6. The topological polar surface area (TPSA) is 50.6 Å². The highest BCUT2D eigenvalue weighted by Gasteiger charge is 2.29. The standard InChI is InChI=1S/C24H34N4O2/c1-6-26-12-7-13-27-21-11-9-18(14-19(21)25-22(27)16-26)20-10-8-17(2)15-28(20)23(29)30-24(3,4)5/h9-11,14,17H,6-8,12-13,15-16H2,1-5H3/t17-/m0/s1. The number of nitrogens with zero attached hydrogens (tertiary/aromatic N) is 4. The molecule has 0 unspecified atom stereocenters. The summed E-state index contributed by atoms with van der Waals surface area (Å²) < 4.78 is 8.05. The minimum Gasteiger partial charge on any atom is -0.443 e. The Bertz CT molecular complexity index is 969. The second kappa shape index (κ2) is 8.06. The van der Waals surface area contributed by atoms with Crippen molar-refractivity contribution in [3.8, 4) is 0 Å². The molecule has 6 nitrogen and oxygen atoms in total. The number of imidazole rings is 1. The van der Waals surface area contributed by atoms with E-state index in [0.29, 0.717) is 12.5 Å². The number of carbonyl (C=O) groups is 1. The number of aromatic nitrogens is 2. The molecule has 0 aliphatic carbocycles. The lowest BCUT2D eigenvalue weighted by Crippen LogP contribution is -2.39. The summed E-state index contributed by atoms with van der Waals surface area (Å²) in [6, 6.07) is 6.42. The maximum Gasteiger partial charge on any atom is 0.414 e. The average molecular weight is 411 g/mol. The Kier molecular flexibility index (Phi) is 5.62. The lowest BCUT2D eigenvalue weighted by molar-refractivity contribution is 0.0327. The van der Waals surface area contributed by atoms with Gasteiger partial charge in [-0.05, 0) is 58.2 Å². The van der Waals surface area contributed by atoms with Gasteiger partial charge in [-0.15, -0.1) is 0 Å². The summed E-state index contributed by atoms with van der Waals surface area (Å²) in [4.78, 5) is 22.1. The Morgan fingerprint density at radius 3 is 2.80 bits per heavy atom. The molecule has 0 N–H and O–H groups in total. The van der Waals surface area contributed by atoms with Crippen LogP contribution in [0, 0.1) is 5.92 Å². The van der Waals surface area contributed by atoms with Gasteiger partial charge < -0.3 is 9.30 Å². The molecule has 30 heavy (non-hydrogen) atoms. The van der Waals surface area contributed by atoms with E-state index < -0.39 is 5.60 Å². The fourth-order valence-electron chi connectivity index (χ4n) is 4.38. The van der Waals surface area contributed by atoms with Crippen LogP contribution in [0.15, 0.2) is 24.3 Å². The summed E-state index contributed by atoms with van der Waals surface area (Å²) in [5, 5.41) is 0. The van der Waals surface area contributed by atoms with Crippen LogP contribution in [0.1, 0.15) is 58.8 Å². The second-order valence-corrected chi connectivity index (χ2v) is 9.63. The first kappa shape index (κ1) is 20.9. The van der Waals surface area contributed by atoms with Crippen LogP contribution >= 0.6 is 0 Å². The van der Waals surface area contributed by atoms with Crippen molar-refractivity contribution < 1.29 is 9.53 Å². The van der Waals surface area contributed by atoms with Crippen LogP contribution in [0.25, 0.3) is 16.7 Å². The van der Waals surface area contributed by atoms with E-state index in [2.05, 4.69) is 47.6 Å². The second-order valence-electron chi connectivity index (χ2n) is 9.63. The molecule has 2 aromatic rings. The van der Waals surface area contributed by atoms with Gasteiger partial charge in [0.25, 0.3) is 0 Å². The van der Waals surface area contributed by atoms with Crippen LogP contribution in [0.2, 0.25) is 0 Å². The fourth-order valence-corrected chi connectivity index (χ4v) is 4.38. The fraction of sp³-hybridized carbons (Fsp3) is 0.583. The summed E-state index contributed by atoms with van der Waals surface area (Å²) >= 11 is 0. The minimum atomic E-state index is -0.514. The zero-order valence-electron chi connectivity index (χ0n) is 18.9. The molecule has 1 aromatic carbocycles. The molecule has 0 radical (unpaired) electrons. The maximum absolute atomic E-state index is 12.9. The van der Waals surface area contributed by atoms with E-state index in [9.17, 15) is 4.79 Å². The van der Waals surface area contributed by atoms with E-state index in [0.717, 1.165) is 61.6 Å². The van der Waals surface area contributed by atoms with Crippen molar-refractivity contribution in [1.82, 2.24) is 19.4 Å². The molecule has 162 valence electrons. The van der Waals surface area contributed by atoms with E-state index in [1.165, 1.54) is 5.52 Å². The predicted molar refractivity (Wildman–Crippen MR) is 120 cm³/mol. The van der Waals surface area contributed by atoms with Gasteiger partial charge in [-0.25, -0.2) is 9.78 Å². The summed E-state index contributed by atoms with van der Waals surface area (Å²) in [7, 11) is 0. The average Bonchev–Trinajstić information content (AvgIpc) is 2.88. The van der Waals surface area contributed by atoms with Crippen LogP contribution in [-0.2, 0) is 17.8 Å². The van der Waals surface area contributed by atoms with E-state index in [4.69, 9.17) is 9.72 Å². The normalized spacial score (nSPS) is 20.6. The molecule has 1 aromatic heterocycles. The number of rotatable bonds is 2.